The van der Waals surface area contributed by atoms with Crippen LogP contribution in [-0.4, -0.2) is 215 Å². The Labute approximate surface area is 671 Å². The van der Waals surface area contributed by atoms with Gasteiger partial charge in [-0.1, -0.05) is 165 Å². The molecule has 2 heterocycles. The molecule has 2 aliphatic rings. The van der Waals surface area contributed by atoms with E-state index in [-0.39, 0.29) is 92.7 Å². The van der Waals surface area contributed by atoms with Gasteiger partial charge in [-0.2, -0.15) is 0 Å². The maximum atomic E-state index is 12.2. The molecule has 0 spiro atoms. The van der Waals surface area contributed by atoms with E-state index in [4.69, 9.17) is 9.47 Å². The van der Waals surface area contributed by atoms with E-state index in [9.17, 15) is 56.4 Å². The molecule has 4 aromatic carbocycles. The number of carbonyl (C=O) groups excluding carboxylic acids is 10. The minimum Gasteiger partial charge on any atom is -0.481 e. The number of Topliss-reactive ketones (excluding diaryl/α,β-unsaturated/α-hetero) is 2. The van der Waals surface area contributed by atoms with Gasteiger partial charge in [0.15, 0.2) is 17.4 Å². The molecule has 9 N–H and O–H groups in total. The van der Waals surface area contributed by atoms with Gasteiger partial charge in [0.1, 0.15) is 42.3 Å². The van der Waals surface area contributed by atoms with E-state index in [2.05, 4.69) is 70.8 Å². The number of carbonyl (C=O) groups is 10. The second-order valence-electron chi connectivity index (χ2n) is 24.2. The van der Waals surface area contributed by atoms with Crippen LogP contribution in [0.4, 0.5) is 0 Å². The van der Waals surface area contributed by atoms with E-state index in [1.807, 2.05) is 210 Å². The van der Waals surface area contributed by atoms with Crippen LogP contribution >= 0.6 is 0 Å². The number of ether oxygens (including phenoxy) is 2. The molecule has 111 heavy (non-hydrogen) atoms. The lowest BCUT2D eigenvalue weighted by atomic mass is 10.2. The first-order valence-corrected chi connectivity index (χ1v) is 46.5. The number of aliphatic imine (C=N–C) groups is 1. The summed E-state index contributed by atoms with van der Waals surface area (Å²) in [6.07, 6.45) is 13.9. The quantitative estimate of drug-likeness (QED) is 0.00958. The Morgan fingerprint density at radius 1 is 0.495 bits per heavy atom. The zero-order chi connectivity index (χ0) is 84.8. The number of hydrogen-bond donors (Lipinski definition) is 9. The summed E-state index contributed by atoms with van der Waals surface area (Å²) in [5, 5.41) is 21.7. The number of rotatable bonds is 33. The highest BCUT2D eigenvalue weighted by molar-refractivity contribution is 8.00. The van der Waals surface area contributed by atoms with Crippen molar-refractivity contribution in [3.63, 3.8) is 0 Å². The van der Waals surface area contributed by atoms with Crippen molar-refractivity contribution < 1.29 is 70.8 Å². The first-order valence-electron chi connectivity index (χ1n) is 38.3. The Balaban J connectivity index is -0.00000125. The molecule has 9 atom stereocenters. The van der Waals surface area contributed by atoms with Gasteiger partial charge in [-0.15, -0.1) is 6.58 Å². The highest BCUT2D eigenvalue weighted by Crippen LogP contribution is 2.12. The zero-order valence-corrected chi connectivity index (χ0v) is 72.8. The van der Waals surface area contributed by atoms with E-state index in [0.29, 0.717) is 102 Å². The van der Waals surface area contributed by atoms with Gasteiger partial charge in [0.25, 0.3) is 5.91 Å². The SMILES string of the molecule is C=CC(NC(=O)CC)C(=O)NCC.C=S(C)(=O)c1ccccc1.C=S(C)(=O)c1ccccc1.CC.CC.CCNC(=O)C(CC[S+](C)CC(=O)c1ccccc1)NC(=O)CC.CCNC(=O)C(CC[S+](C)CC(=O)c1ccccc1)NC(=O)CC.CCNC(=O)C1CCOC(CC)=N1.CCNC(=O)C1CCOC(CC)=[NH+]1. The molecule has 24 nitrogen and oxygen atoms in total. The van der Waals surface area contributed by atoms with Gasteiger partial charge in [0.05, 0.1) is 32.0 Å². The molecule has 0 radical (unpaired) electrons. The molecule has 6 rings (SSSR count). The fourth-order valence-corrected chi connectivity index (χ4v) is 13.4. The molecule has 0 bridgehead atoms. The third kappa shape index (κ3) is 50.8. The van der Waals surface area contributed by atoms with Crippen molar-refractivity contribution in [1.29, 1.82) is 0 Å². The Morgan fingerprint density at radius 3 is 1.18 bits per heavy atom. The third-order valence-electron chi connectivity index (χ3n) is 15.0. The number of amides is 8. The van der Waals surface area contributed by atoms with Gasteiger partial charge in [0.2, 0.25) is 59.0 Å². The fourth-order valence-electron chi connectivity index (χ4n) is 9.12. The highest BCUT2D eigenvalue weighted by atomic mass is 32.2. The Hall–Kier alpha value is -8.60. The zero-order valence-electron chi connectivity index (χ0n) is 69.6. The molecule has 0 aliphatic carbocycles. The summed E-state index contributed by atoms with van der Waals surface area (Å²) in [7, 11) is -4.28. The van der Waals surface area contributed by atoms with Gasteiger partial charge in [0, 0.05) is 111 Å². The van der Waals surface area contributed by atoms with Gasteiger partial charge in [-0.05, 0) is 111 Å². The van der Waals surface area contributed by atoms with E-state index in [0.717, 1.165) is 57.6 Å². The van der Waals surface area contributed by atoms with Crippen molar-refractivity contribution in [2.75, 3.05) is 94.0 Å². The van der Waals surface area contributed by atoms with Crippen molar-refractivity contribution in [1.82, 2.24) is 42.5 Å². The predicted molar refractivity (Wildman–Crippen MR) is 464 cm³/mol. The van der Waals surface area contributed by atoms with E-state index < -0.39 is 37.2 Å². The molecule has 2 aliphatic heterocycles. The van der Waals surface area contributed by atoms with Crippen molar-refractivity contribution >= 4 is 123 Å². The number of nitrogens with zero attached hydrogens (tertiary/aromatic N) is 1. The molecule has 4 aromatic rings. The largest absolute Gasteiger partial charge is 0.481 e. The monoisotopic (exact) mass is 1620 g/mol. The molecule has 9 unspecified atom stereocenters. The average Bonchev–Trinajstić information content (AvgIpc) is 0.879. The summed E-state index contributed by atoms with van der Waals surface area (Å²) < 4.78 is 33.1. The minimum absolute atomic E-state index is 0.0109. The lowest BCUT2D eigenvalue weighted by Gasteiger charge is -2.19. The highest BCUT2D eigenvalue weighted by Gasteiger charge is 2.30. The Bertz CT molecular complexity index is 3400. The summed E-state index contributed by atoms with van der Waals surface area (Å²) >= 11 is 0. The minimum atomic E-state index is -2.00. The number of hydrogen-bond acceptors (Lipinski definition) is 15. The molecular formula is C83H135N10O14S4+3. The molecule has 0 saturated carbocycles. The van der Waals surface area contributed by atoms with Crippen LogP contribution in [0.3, 0.4) is 0 Å². The van der Waals surface area contributed by atoms with Crippen LogP contribution in [0.1, 0.15) is 175 Å². The number of ketones is 2. The van der Waals surface area contributed by atoms with Gasteiger partial charge in [-0.25, -0.2) is 9.98 Å². The molecule has 622 valence electrons. The Morgan fingerprint density at radius 2 is 0.847 bits per heavy atom. The van der Waals surface area contributed by atoms with Crippen LogP contribution in [0.15, 0.2) is 149 Å². The first kappa shape index (κ1) is 107. The molecule has 28 heteroatoms. The van der Waals surface area contributed by atoms with Crippen LogP contribution < -0.4 is 47.5 Å². The van der Waals surface area contributed by atoms with E-state index in [1.54, 1.807) is 33.3 Å². The second-order valence-corrected chi connectivity index (χ2v) is 33.7. The maximum Gasteiger partial charge on any atom is 0.335 e. The summed E-state index contributed by atoms with van der Waals surface area (Å²) in [5.74, 6) is 10.4. The molecular weight excluding hydrogens is 1490 g/mol. The predicted octanol–water partition coefficient (Wildman–Crippen LogP) is 7.64. The number of likely N-dealkylation sites (N-methyl/N-ethyl adjacent to an activating group) is 5. The van der Waals surface area contributed by atoms with Crippen LogP contribution in [0.5, 0.6) is 0 Å². The smallest absolute Gasteiger partial charge is 0.335 e. The lowest BCUT2D eigenvalue weighted by molar-refractivity contribution is -0.508. The number of benzene rings is 4. The summed E-state index contributed by atoms with van der Waals surface area (Å²) in [6, 6.07) is 35.0. The summed E-state index contributed by atoms with van der Waals surface area (Å²) in [4.78, 5) is 126. The van der Waals surface area contributed by atoms with Gasteiger partial charge in [-0.3, -0.25) is 56.4 Å². The van der Waals surface area contributed by atoms with Crippen LogP contribution in [0.25, 0.3) is 0 Å². The summed E-state index contributed by atoms with van der Waals surface area (Å²) in [6.45, 7) is 34.2. The van der Waals surface area contributed by atoms with Crippen LogP contribution in [-0.2, 0) is 88.7 Å². The second kappa shape index (κ2) is 65.0. The normalized spacial score (nSPS) is 15.0. The fraction of sp³-hybridized carbons (Fsp3) is 0.518. The van der Waals surface area contributed by atoms with E-state index in [1.165, 1.54) is 6.08 Å². The van der Waals surface area contributed by atoms with Crippen molar-refractivity contribution in [3.8, 4) is 0 Å². The summed E-state index contributed by atoms with van der Waals surface area (Å²) in [5.41, 5.74) is 1.44. The van der Waals surface area contributed by atoms with Gasteiger partial charge < -0.3 is 52.0 Å². The molecule has 0 fully saturated rings. The standard InChI is InChI=1S/2C18H26N2O3S.3C9H16N2O2.2C8H10OS.2C2H6/c2*1-4-17(22)20-15(18(23)19-5-2)11-12-24(3)13-16(21)14-9-7-6-8-10-14;2*1-3-8-11-7(5-6-13-8)9(12)10-4-2;1-4-7(9(13)10-6-3)11-8(12)5-2;2*1-10(2,9)8-6-4-3-5-7-8;2*1-2/h2*6-10,15H,4-5,11-13H2,1-3H3,(H-,19,20,22,23);2*7H,3-6H2,1-2H3,(H,10,12);4,7H,1,5-6H2,2-3H3,(H,10,13)(H,11,12);2*3-7H,1H2,2H3;2*1-2H3/p+3. The molecule has 0 saturated heterocycles. The van der Waals surface area contributed by atoms with Crippen molar-refractivity contribution in [3.05, 3.63) is 145 Å². The average molecular weight is 1630 g/mol. The topological polar surface area (TPSA) is 346 Å². The van der Waals surface area contributed by atoms with Gasteiger partial charge >= 0.3 is 5.90 Å². The Kier molecular flexibility index (Phi) is 62.4. The number of nitrogens with one attached hydrogen (secondary N) is 9. The molecule has 8 amide bonds. The van der Waals surface area contributed by atoms with E-state index >= 15 is 0 Å². The van der Waals surface area contributed by atoms with Crippen molar-refractivity contribution in [2.24, 2.45) is 4.99 Å². The van der Waals surface area contributed by atoms with Crippen molar-refractivity contribution in [2.45, 2.75) is 195 Å². The van der Waals surface area contributed by atoms with Crippen LogP contribution in [0, 0.1) is 0 Å². The third-order valence-corrected chi connectivity index (χ3v) is 20.9. The first-order chi connectivity index (χ1) is 52.9. The van der Waals surface area contributed by atoms with Crippen LogP contribution in [0.2, 0.25) is 0 Å². The molecule has 0 aromatic heterocycles. The lowest BCUT2D eigenvalue weighted by Crippen LogP contribution is -2.85. The maximum absolute atomic E-state index is 12.2.